The van der Waals surface area contributed by atoms with Crippen molar-refractivity contribution in [2.45, 2.75) is 44.4 Å². The Hall–Kier alpha value is -3.62. The van der Waals surface area contributed by atoms with Gasteiger partial charge in [0, 0.05) is 19.2 Å². The number of aromatic nitrogens is 3. The number of hydrogen-bond donors (Lipinski definition) is 1. The van der Waals surface area contributed by atoms with Crippen LogP contribution < -0.4 is 10.2 Å². The number of benzene rings is 1. The zero-order valence-corrected chi connectivity index (χ0v) is 17.6. The number of anilines is 2. The van der Waals surface area contributed by atoms with Crippen molar-refractivity contribution in [1.29, 1.82) is 0 Å². The highest BCUT2D eigenvalue weighted by Crippen LogP contribution is 2.46. The number of amides is 2. The Balaban J connectivity index is 1.42. The number of nitrogens with one attached hydrogen (secondary N) is 1. The van der Waals surface area contributed by atoms with Crippen molar-refractivity contribution in [2.24, 2.45) is 0 Å². The molecule has 2 amide bonds. The predicted octanol–water partition coefficient (Wildman–Crippen LogP) is 3.57. The SMILES string of the molecule is Cc1nc(C(=O)N2CCCc3cc(C4(C(=O)Nc5ccc(F)cn5)CCC4)ccc32)no1. The molecule has 1 N–H and O–H groups in total. The summed E-state index contributed by atoms with van der Waals surface area (Å²) in [6.45, 7) is 2.21. The van der Waals surface area contributed by atoms with Crippen molar-refractivity contribution >= 4 is 23.3 Å². The van der Waals surface area contributed by atoms with Gasteiger partial charge in [0.25, 0.3) is 11.7 Å². The van der Waals surface area contributed by atoms with Gasteiger partial charge in [0.1, 0.15) is 11.6 Å². The molecule has 2 aromatic heterocycles. The van der Waals surface area contributed by atoms with Crippen LogP contribution in [0.5, 0.6) is 0 Å². The molecule has 0 radical (unpaired) electrons. The molecule has 9 heteroatoms. The van der Waals surface area contributed by atoms with E-state index in [2.05, 4.69) is 20.4 Å². The molecule has 0 spiro atoms. The van der Waals surface area contributed by atoms with Gasteiger partial charge in [-0.3, -0.25) is 9.59 Å². The van der Waals surface area contributed by atoms with Gasteiger partial charge >= 0.3 is 0 Å². The van der Waals surface area contributed by atoms with Crippen LogP contribution in [-0.4, -0.2) is 33.5 Å². The Bertz CT molecular complexity index is 1190. The Labute approximate surface area is 183 Å². The maximum atomic E-state index is 13.2. The van der Waals surface area contributed by atoms with Gasteiger partial charge in [-0.15, -0.1) is 0 Å². The van der Waals surface area contributed by atoms with E-state index in [9.17, 15) is 14.0 Å². The molecule has 1 saturated carbocycles. The fourth-order valence-electron chi connectivity index (χ4n) is 4.48. The summed E-state index contributed by atoms with van der Waals surface area (Å²) in [7, 11) is 0. The molecule has 2 aliphatic rings. The molecular formula is C23H22FN5O3. The van der Waals surface area contributed by atoms with E-state index in [1.807, 2.05) is 18.2 Å². The number of carbonyl (C=O) groups is 2. The lowest BCUT2D eigenvalue weighted by Crippen LogP contribution is -2.46. The Morgan fingerprint density at radius 1 is 1.19 bits per heavy atom. The second-order valence-electron chi connectivity index (χ2n) is 8.29. The van der Waals surface area contributed by atoms with Crippen LogP contribution in [0.4, 0.5) is 15.9 Å². The number of fused-ring (bicyclic) bond motifs is 1. The first-order valence-corrected chi connectivity index (χ1v) is 10.6. The van der Waals surface area contributed by atoms with E-state index in [1.54, 1.807) is 11.8 Å². The van der Waals surface area contributed by atoms with Crippen molar-refractivity contribution in [1.82, 2.24) is 15.1 Å². The van der Waals surface area contributed by atoms with Gasteiger partial charge in [0.15, 0.2) is 0 Å². The third-order valence-electron chi connectivity index (χ3n) is 6.33. The minimum Gasteiger partial charge on any atom is -0.339 e. The van der Waals surface area contributed by atoms with Crippen LogP contribution in [0.1, 0.15) is 53.3 Å². The van der Waals surface area contributed by atoms with Gasteiger partial charge in [-0.05, 0) is 55.0 Å². The molecule has 0 bridgehead atoms. The van der Waals surface area contributed by atoms with E-state index in [0.29, 0.717) is 18.3 Å². The number of nitrogens with zero attached hydrogens (tertiary/aromatic N) is 4. The van der Waals surface area contributed by atoms with E-state index in [0.717, 1.165) is 55.1 Å². The van der Waals surface area contributed by atoms with Crippen LogP contribution in [0.25, 0.3) is 0 Å². The highest BCUT2D eigenvalue weighted by atomic mass is 19.1. The Morgan fingerprint density at radius 2 is 2.03 bits per heavy atom. The molecule has 164 valence electrons. The van der Waals surface area contributed by atoms with Gasteiger partial charge in [-0.25, -0.2) is 9.37 Å². The average Bonchev–Trinajstić information content (AvgIpc) is 3.20. The van der Waals surface area contributed by atoms with E-state index in [4.69, 9.17) is 4.52 Å². The van der Waals surface area contributed by atoms with E-state index < -0.39 is 11.2 Å². The van der Waals surface area contributed by atoms with Crippen molar-refractivity contribution in [3.8, 4) is 0 Å². The number of aryl methyl sites for hydroxylation is 2. The maximum absolute atomic E-state index is 13.2. The molecule has 1 fully saturated rings. The highest BCUT2D eigenvalue weighted by Gasteiger charge is 2.46. The quantitative estimate of drug-likeness (QED) is 0.672. The number of pyridine rings is 1. The van der Waals surface area contributed by atoms with Gasteiger partial charge in [-0.1, -0.05) is 23.7 Å². The summed E-state index contributed by atoms with van der Waals surface area (Å²) in [5.41, 5.74) is 2.10. The molecule has 3 heterocycles. The van der Waals surface area contributed by atoms with Gasteiger partial charge in [-0.2, -0.15) is 4.98 Å². The highest BCUT2D eigenvalue weighted by molar-refractivity contribution is 6.04. The molecule has 32 heavy (non-hydrogen) atoms. The number of rotatable bonds is 4. The number of hydrogen-bond acceptors (Lipinski definition) is 6. The van der Waals surface area contributed by atoms with Crippen molar-refractivity contribution in [3.63, 3.8) is 0 Å². The Morgan fingerprint density at radius 3 is 2.69 bits per heavy atom. The first-order chi connectivity index (χ1) is 15.5. The summed E-state index contributed by atoms with van der Waals surface area (Å²) in [5.74, 6) is -0.183. The summed E-state index contributed by atoms with van der Waals surface area (Å²) in [4.78, 5) is 35.8. The predicted molar refractivity (Wildman–Crippen MR) is 114 cm³/mol. The molecule has 1 aromatic carbocycles. The minimum atomic E-state index is -0.651. The second kappa shape index (κ2) is 7.81. The summed E-state index contributed by atoms with van der Waals surface area (Å²) >= 11 is 0. The fourth-order valence-corrected chi connectivity index (χ4v) is 4.48. The largest absolute Gasteiger partial charge is 0.339 e. The van der Waals surface area contributed by atoms with Crippen LogP contribution >= 0.6 is 0 Å². The Kier molecular flexibility index (Phi) is 4.96. The molecule has 0 atom stereocenters. The van der Waals surface area contributed by atoms with Crippen molar-refractivity contribution in [2.75, 3.05) is 16.8 Å². The van der Waals surface area contributed by atoms with Crippen molar-refractivity contribution < 1.29 is 18.5 Å². The first-order valence-electron chi connectivity index (χ1n) is 10.6. The summed E-state index contributed by atoms with van der Waals surface area (Å²) in [5, 5.41) is 6.58. The zero-order chi connectivity index (χ0) is 22.3. The second-order valence-corrected chi connectivity index (χ2v) is 8.29. The van der Waals surface area contributed by atoms with Crippen molar-refractivity contribution in [3.05, 3.63) is 65.2 Å². The smallest absolute Gasteiger partial charge is 0.299 e. The molecule has 5 rings (SSSR count). The van der Waals surface area contributed by atoms with E-state index in [-0.39, 0.29) is 17.6 Å². The summed E-state index contributed by atoms with van der Waals surface area (Å²) in [6.07, 6.45) is 5.10. The molecule has 3 aromatic rings. The normalized spacial score (nSPS) is 16.8. The lowest BCUT2D eigenvalue weighted by molar-refractivity contribution is -0.124. The molecule has 8 nitrogen and oxygen atoms in total. The molecule has 0 unspecified atom stereocenters. The van der Waals surface area contributed by atoms with Crippen LogP contribution in [0, 0.1) is 12.7 Å². The summed E-state index contributed by atoms with van der Waals surface area (Å²) in [6, 6.07) is 8.58. The van der Waals surface area contributed by atoms with Gasteiger partial charge < -0.3 is 14.7 Å². The third kappa shape index (κ3) is 3.43. The molecular weight excluding hydrogens is 413 g/mol. The minimum absolute atomic E-state index is 0.0427. The van der Waals surface area contributed by atoms with E-state index >= 15 is 0 Å². The first kappa shape index (κ1) is 20.3. The molecule has 0 saturated heterocycles. The van der Waals surface area contributed by atoms with E-state index in [1.165, 1.54) is 12.1 Å². The van der Waals surface area contributed by atoms with Crippen LogP contribution in [0.2, 0.25) is 0 Å². The third-order valence-corrected chi connectivity index (χ3v) is 6.33. The summed E-state index contributed by atoms with van der Waals surface area (Å²) < 4.78 is 18.1. The van der Waals surface area contributed by atoms with Crippen LogP contribution in [-0.2, 0) is 16.6 Å². The standard InChI is InChI=1S/C23H22FN5O3/c1-14-26-20(28-32-14)21(30)29-11-2-4-15-12-16(5-7-18(15)29)23(9-3-10-23)22(31)27-19-8-6-17(24)13-25-19/h5-8,12-13H,2-4,9-11H2,1H3,(H,25,27,31). The maximum Gasteiger partial charge on any atom is 0.299 e. The molecule has 1 aliphatic heterocycles. The molecule has 1 aliphatic carbocycles. The monoisotopic (exact) mass is 435 g/mol. The fraction of sp³-hybridized carbons (Fsp3) is 0.348. The van der Waals surface area contributed by atoms with Crippen LogP contribution in [0.3, 0.4) is 0 Å². The topological polar surface area (TPSA) is 101 Å². The number of halogens is 1. The lowest BCUT2D eigenvalue weighted by atomic mass is 9.63. The lowest BCUT2D eigenvalue weighted by Gasteiger charge is -2.41. The van der Waals surface area contributed by atoms with Gasteiger partial charge in [0.05, 0.1) is 11.6 Å². The van der Waals surface area contributed by atoms with Gasteiger partial charge in [0.2, 0.25) is 11.8 Å². The average molecular weight is 435 g/mol. The zero-order valence-electron chi connectivity index (χ0n) is 17.6. The number of carbonyl (C=O) groups excluding carboxylic acids is 2. The van der Waals surface area contributed by atoms with Crippen LogP contribution in [0.15, 0.2) is 41.1 Å².